The van der Waals surface area contributed by atoms with Crippen molar-refractivity contribution in [1.82, 2.24) is 0 Å². The standard InChI is InChI=1S/C9H7ClS.Cl2O2S/c10-6-8-5-7-3-1-2-4-9(7)11-8;1-5(2,3)4/h1-5H,6H2;. The molecule has 2 rings (SSSR count). The van der Waals surface area contributed by atoms with Crippen LogP contribution in [-0.4, -0.2) is 8.42 Å². The Labute approximate surface area is 112 Å². The van der Waals surface area contributed by atoms with Crippen LogP contribution in [0.5, 0.6) is 0 Å². The maximum Gasteiger partial charge on any atom is 0.317 e. The second-order valence-corrected chi connectivity index (χ2v) is 7.87. The van der Waals surface area contributed by atoms with Gasteiger partial charge in [0.1, 0.15) is 0 Å². The van der Waals surface area contributed by atoms with E-state index in [-0.39, 0.29) is 0 Å². The van der Waals surface area contributed by atoms with E-state index >= 15 is 0 Å². The van der Waals surface area contributed by atoms with Gasteiger partial charge in [-0.05, 0) is 17.5 Å². The third kappa shape index (κ3) is 5.37. The van der Waals surface area contributed by atoms with E-state index in [9.17, 15) is 0 Å². The van der Waals surface area contributed by atoms with Crippen LogP contribution >= 0.6 is 44.3 Å². The van der Waals surface area contributed by atoms with Crippen molar-refractivity contribution in [3.8, 4) is 0 Å². The molecule has 0 atom stereocenters. The lowest BCUT2D eigenvalue weighted by Gasteiger charge is -1.82. The number of fused-ring (bicyclic) bond motifs is 1. The van der Waals surface area contributed by atoms with Crippen LogP contribution < -0.4 is 0 Å². The number of rotatable bonds is 1. The van der Waals surface area contributed by atoms with Crippen LogP contribution in [0.2, 0.25) is 0 Å². The fourth-order valence-electron chi connectivity index (χ4n) is 1.10. The Kier molecular flexibility index (Phi) is 5.34. The Morgan fingerprint density at radius 1 is 1.19 bits per heavy atom. The highest BCUT2D eigenvalue weighted by molar-refractivity contribution is 8.31. The molecule has 0 radical (unpaired) electrons. The lowest BCUT2D eigenvalue weighted by molar-refractivity contribution is 0.621. The zero-order valence-corrected chi connectivity index (χ0v) is 11.8. The van der Waals surface area contributed by atoms with Gasteiger partial charge in [0, 0.05) is 30.9 Å². The molecule has 0 aliphatic heterocycles. The van der Waals surface area contributed by atoms with Gasteiger partial charge in [-0.25, -0.2) is 0 Å². The van der Waals surface area contributed by atoms with Gasteiger partial charge in [-0.3, -0.25) is 0 Å². The predicted octanol–water partition coefficient (Wildman–Crippen LogP) is 4.35. The SMILES string of the molecule is ClCc1cc2ccccc2s1.O=S(=O)(Cl)Cl. The van der Waals surface area contributed by atoms with Crippen molar-refractivity contribution in [2.45, 2.75) is 5.88 Å². The smallest absolute Gasteiger partial charge is 0.195 e. The molecule has 0 bridgehead atoms. The van der Waals surface area contributed by atoms with Gasteiger partial charge in [0.05, 0.1) is 5.88 Å². The summed E-state index contributed by atoms with van der Waals surface area (Å²) in [6.45, 7) is 0. The Morgan fingerprint density at radius 2 is 1.75 bits per heavy atom. The summed E-state index contributed by atoms with van der Waals surface area (Å²) in [5.41, 5.74) is 0. The average Bonchev–Trinajstić information content (AvgIpc) is 2.57. The molecular formula is C9H7Cl3O2S2. The lowest BCUT2D eigenvalue weighted by Crippen LogP contribution is -1.63. The van der Waals surface area contributed by atoms with Gasteiger partial charge >= 0.3 is 8.26 Å². The van der Waals surface area contributed by atoms with Crippen LogP contribution in [0.3, 0.4) is 0 Å². The summed E-state index contributed by atoms with van der Waals surface area (Å²) < 4.78 is 19.6. The first-order chi connectivity index (χ1) is 7.40. The number of thiophene rings is 1. The van der Waals surface area contributed by atoms with E-state index in [4.69, 9.17) is 20.0 Å². The molecule has 1 heterocycles. The molecule has 0 unspecified atom stereocenters. The van der Waals surface area contributed by atoms with E-state index in [0.29, 0.717) is 5.88 Å². The van der Waals surface area contributed by atoms with Crippen molar-refractivity contribution in [1.29, 1.82) is 0 Å². The molecule has 0 N–H and O–H groups in total. The summed E-state index contributed by atoms with van der Waals surface area (Å²) >= 11 is 7.47. The third-order valence-corrected chi connectivity index (χ3v) is 3.17. The molecule has 1 aromatic heterocycles. The molecule has 7 heteroatoms. The summed E-state index contributed by atoms with van der Waals surface area (Å²) in [4.78, 5) is 1.24. The Balaban J connectivity index is 0.000000221. The zero-order chi connectivity index (χ0) is 12.2. The number of alkyl halides is 1. The molecule has 16 heavy (non-hydrogen) atoms. The first-order valence-corrected chi connectivity index (χ1v) is 8.56. The second-order valence-electron chi connectivity index (χ2n) is 2.76. The number of benzene rings is 1. The highest BCUT2D eigenvalue weighted by Gasteiger charge is 1.97. The average molecular weight is 318 g/mol. The number of halogens is 3. The van der Waals surface area contributed by atoms with Gasteiger partial charge in [-0.15, -0.1) is 22.9 Å². The van der Waals surface area contributed by atoms with Crippen LogP contribution in [0, 0.1) is 0 Å². The van der Waals surface area contributed by atoms with Crippen LogP contribution in [0.4, 0.5) is 0 Å². The van der Waals surface area contributed by atoms with Crippen molar-refractivity contribution in [2.75, 3.05) is 0 Å². The van der Waals surface area contributed by atoms with E-state index in [2.05, 4.69) is 45.6 Å². The van der Waals surface area contributed by atoms with Crippen molar-refractivity contribution >= 4 is 62.7 Å². The van der Waals surface area contributed by atoms with E-state index in [1.165, 1.54) is 15.0 Å². The summed E-state index contributed by atoms with van der Waals surface area (Å²) in [6, 6.07) is 10.5. The van der Waals surface area contributed by atoms with Crippen molar-refractivity contribution in [2.24, 2.45) is 0 Å². The van der Waals surface area contributed by atoms with Gasteiger partial charge in [0.2, 0.25) is 0 Å². The van der Waals surface area contributed by atoms with Gasteiger partial charge in [-0.1, -0.05) is 18.2 Å². The molecule has 2 nitrogen and oxygen atoms in total. The topological polar surface area (TPSA) is 34.1 Å². The monoisotopic (exact) mass is 316 g/mol. The minimum absolute atomic E-state index is 0.624. The normalized spacial score (nSPS) is 10.9. The first kappa shape index (κ1) is 14.1. The highest BCUT2D eigenvalue weighted by Crippen LogP contribution is 2.25. The summed E-state index contributed by atoms with van der Waals surface area (Å²) in [7, 11) is 4.81. The Bertz CT molecular complexity index is 522. The van der Waals surface area contributed by atoms with Gasteiger partial charge < -0.3 is 0 Å². The van der Waals surface area contributed by atoms with Crippen molar-refractivity contribution < 1.29 is 8.42 Å². The summed E-state index contributed by atoms with van der Waals surface area (Å²) in [5, 5.41) is 1.30. The lowest BCUT2D eigenvalue weighted by atomic mass is 10.2. The first-order valence-electron chi connectivity index (χ1n) is 4.08. The van der Waals surface area contributed by atoms with Crippen molar-refractivity contribution in [3.05, 3.63) is 35.2 Å². The maximum atomic E-state index is 9.16. The highest BCUT2D eigenvalue weighted by atomic mass is 36.0. The summed E-state index contributed by atoms with van der Waals surface area (Å²) in [5.74, 6) is 0.624. The quantitative estimate of drug-likeness (QED) is 0.579. The van der Waals surface area contributed by atoms with Gasteiger partial charge in [-0.2, -0.15) is 8.42 Å². The molecule has 0 fully saturated rings. The molecule has 0 spiro atoms. The molecule has 0 saturated carbocycles. The Hall–Kier alpha value is -0.000000000000000333. The molecule has 0 aliphatic rings. The molecule has 0 amide bonds. The van der Waals surface area contributed by atoms with E-state index in [1.54, 1.807) is 11.3 Å². The molecule has 2 aromatic rings. The fourth-order valence-corrected chi connectivity index (χ4v) is 2.26. The van der Waals surface area contributed by atoms with Crippen LogP contribution in [0.1, 0.15) is 4.88 Å². The van der Waals surface area contributed by atoms with Crippen LogP contribution in [0.15, 0.2) is 30.3 Å². The molecule has 88 valence electrons. The minimum Gasteiger partial charge on any atom is -0.195 e. The third-order valence-electron chi connectivity index (χ3n) is 1.61. The van der Waals surface area contributed by atoms with Crippen molar-refractivity contribution in [3.63, 3.8) is 0 Å². The number of hydrogen-bond donors (Lipinski definition) is 0. The number of hydrogen-bond acceptors (Lipinski definition) is 3. The van der Waals surface area contributed by atoms with Crippen LogP contribution in [-0.2, 0) is 14.1 Å². The largest absolute Gasteiger partial charge is 0.317 e. The summed E-state index contributed by atoms with van der Waals surface area (Å²) in [6.07, 6.45) is 0. The van der Waals surface area contributed by atoms with Crippen LogP contribution in [0.25, 0.3) is 10.1 Å². The Morgan fingerprint density at radius 3 is 2.25 bits per heavy atom. The molecule has 0 saturated heterocycles. The van der Waals surface area contributed by atoms with E-state index in [1.807, 2.05) is 6.07 Å². The molecular weight excluding hydrogens is 311 g/mol. The minimum atomic E-state index is -3.72. The zero-order valence-electron chi connectivity index (χ0n) is 7.86. The maximum absolute atomic E-state index is 9.16. The molecule has 0 aliphatic carbocycles. The van der Waals surface area contributed by atoms with Gasteiger partial charge in [0.25, 0.3) is 0 Å². The van der Waals surface area contributed by atoms with E-state index in [0.717, 1.165) is 0 Å². The van der Waals surface area contributed by atoms with E-state index < -0.39 is 8.26 Å². The second kappa shape index (κ2) is 6.07. The molecule has 1 aromatic carbocycles. The fraction of sp³-hybridized carbons (Fsp3) is 0.111. The predicted molar refractivity (Wildman–Crippen MR) is 72.0 cm³/mol. The van der Waals surface area contributed by atoms with Gasteiger partial charge in [0.15, 0.2) is 0 Å².